The number of alkyl halides is 1. The molecule has 0 spiro atoms. The van der Waals surface area contributed by atoms with Gasteiger partial charge in [-0.1, -0.05) is 57.6 Å². The molecule has 0 heterocycles. The molecule has 0 aromatic rings. The molecule has 1 rings (SSSR count). The van der Waals surface area contributed by atoms with Crippen LogP contribution in [0.5, 0.6) is 0 Å². The van der Waals surface area contributed by atoms with Gasteiger partial charge in [0, 0.05) is 7.11 Å². The highest BCUT2D eigenvalue weighted by Crippen LogP contribution is 2.37. The van der Waals surface area contributed by atoms with Gasteiger partial charge in [0.15, 0.2) is 0 Å². The van der Waals surface area contributed by atoms with Crippen LogP contribution < -0.4 is 0 Å². The maximum atomic E-state index is 12.8. The Morgan fingerprint density at radius 1 is 1.12 bits per heavy atom. The summed E-state index contributed by atoms with van der Waals surface area (Å²) in [6.07, 6.45) is 15.5. The van der Waals surface area contributed by atoms with Crippen molar-refractivity contribution in [3.05, 3.63) is 12.2 Å². The van der Waals surface area contributed by atoms with E-state index in [0.717, 1.165) is 44.9 Å². The smallest absolute Gasteiger partial charge is 0.0973 e. The Kier molecular flexibility index (Phi) is 11.6. The van der Waals surface area contributed by atoms with Crippen LogP contribution in [-0.2, 0) is 4.74 Å². The van der Waals surface area contributed by atoms with Gasteiger partial charge >= 0.3 is 0 Å². The Morgan fingerprint density at radius 2 is 1.88 bits per heavy atom. The molecule has 0 amide bonds. The van der Waals surface area contributed by atoms with E-state index in [-0.39, 0.29) is 12.2 Å². The zero-order valence-electron chi connectivity index (χ0n) is 16.1. The first-order valence-electron chi connectivity index (χ1n) is 10.1. The summed E-state index contributed by atoms with van der Waals surface area (Å²) in [7, 11) is 1.79. The van der Waals surface area contributed by atoms with Gasteiger partial charge in [-0.3, -0.25) is 0 Å². The Labute approximate surface area is 148 Å². The summed E-state index contributed by atoms with van der Waals surface area (Å²) in [6, 6.07) is 0. The molecular formula is C21H39FO2. The summed E-state index contributed by atoms with van der Waals surface area (Å²) < 4.78 is 18.4. The molecule has 2 nitrogen and oxygen atoms in total. The van der Waals surface area contributed by atoms with E-state index in [0.29, 0.717) is 18.3 Å². The summed E-state index contributed by atoms with van der Waals surface area (Å²) in [5.41, 5.74) is 0. The number of rotatable bonds is 13. The third kappa shape index (κ3) is 8.62. The van der Waals surface area contributed by atoms with Crippen LogP contribution in [0.15, 0.2) is 12.2 Å². The summed E-state index contributed by atoms with van der Waals surface area (Å²) in [5.74, 6) is 0.848. The minimum Gasteiger partial charge on any atom is -0.393 e. The number of methoxy groups -OCH3 is 1. The topological polar surface area (TPSA) is 29.5 Å². The van der Waals surface area contributed by atoms with Crippen LogP contribution in [0.2, 0.25) is 0 Å². The van der Waals surface area contributed by atoms with E-state index in [2.05, 4.69) is 19.1 Å². The van der Waals surface area contributed by atoms with Crippen LogP contribution in [0.25, 0.3) is 0 Å². The minimum atomic E-state index is -0.684. The number of aliphatic hydroxyl groups is 1. The summed E-state index contributed by atoms with van der Waals surface area (Å²) in [5, 5.41) is 10.3. The maximum Gasteiger partial charge on any atom is 0.0973 e. The summed E-state index contributed by atoms with van der Waals surface area (Å²) in [4.78, 5) is 0. The number of allylic oxidation sites excluding steroid dienone is 1. The molecule has 24 heavy (non-hydrogen) atoms. The van der Waals surface area contributed by atoms with Crippen molar-refractivity contribution >= 4 is 0 Å². The van der Waals surface area contributed by atoms with E-state index in [1.54, 1.807) is 14.0 Å². The molecule has 1 N–H and O–H groups in total. The number of aliphatic hydroxyl groups excluding tert-OH is 1. The van der Waals surface area contributed by atoms with Crippen molar-refractivity contribution in [1.82, 2.24) is 0 Å². The molecule has 0 aromatic heterocycles. The van der Waals surface area contributed by atoms with Crippen molar-refractivity contribution in [2.45, 2.75) is 103 Å². The van der Waals surface area contributed by atoms with Gasteiger partial charge < -0.3 is 9.84 Å². The van der Waals surface area contributed by atoms with Crippen molar-refractivity contribution in [3.63, 3.8) is 0 Å². The first-order valence-corrected chi connectivity index (χ1v) is 10.1. The summed E-state index contributed by atoms with van der Waals surface area (Å²) >= 11 is 0. The average molecular weight is 343 g/mol. The Balaban J connectivity index is 2.36. The van der Waals surface area contributed by atoms with Gasteiger partial charge in [0.2, 0.25) is 0 Å². The maximum absolute atomic E-state index is 12.8. The lowest BCUT2D eigenvalue weighted by Gasteiger charge is -2.20. The largest absolute Gasteiger partial charge is 0.393 e. The quantitative estimate of drug-likeness (QED) is 0.337. The van der Waals surface area contributed by atoms with Crippen LogP contribution in [0.1, 0.15) is 84.5 Å². The Hall–Kier alpha value is -0.410. The molecule has 0 saturated heterocycles. The van der Waals surface area contributed by atoms with Crippen LogP contribution in [-0.4, -0.2) is 30.6 Å². The van der Waals surface area contributed by atoms with Crippen LogP contribution >= 0.6 is 0 Å². The van der Waals surface area contributed by atoms with Gasteiger partial charge in [0.05, 0.1) is 18.4 Å². The van der Waals surface area contributed by atoms with Crippen molar-refractivity contribution in [2.24, 2.45) is 11.8 Å². The molecule has 0 aliphatic heterocycles. The molecule has 1 saturated carbocycles. The zero-order chi connectivity index (χ0) is 17.8. The molecule has 1 aliphatic rings. The average Bonchev–Trinajstić information content (AvgIpc) is 2.90. The predicted octanol–water partition coefficient (Wildman–Crippen LogP) is 5.83. The molecule has 0 aromatic carbocycles. The lowest BCUT2D eigenvalue weighted by atomic mass is 9.88. The number of halogens is 1. The Morgan fingerprint density at radius 3 is 2.54 bits per heavy atom. The molecule has 142 valence electrons. The highest BCUT2D eigenvalue weighted by molar-refractivity contribution is 5.00. The molecule has 1 fully saturated rings. The van der Waals surface area contributed by atoms with Crippen LogP contribution in [0.3, 0.4) is 0 Å². The molecule has 1 aliphatic carbocycles. The summed E-state index contributed by atoms with van der Waals surface area (Å²) in [6.45, 7) is 3.85. The van der Waals surface area contributed by atoms with Gasteiger partial charge in [0.1, 0.15) is 0 Å². The molecule has 3 heteroatoms. The van der Waals surface area contributed by atoms with Crippen molar-refractivity contribution < 1.29 is 14.2 Å². The van der Waals surface area contributed by atoms with Gasteiger partial charge in [-0.25, -0.2) is 4.39 Å². The standard InChI is InChI=1S/C21H39FO2/c1-4-5-7-11-19(24-3)15-13-18-14-16-21(23)20(18)12-9-6-8-10-17(2)22/h13,15,17-21,23H,4-12,14,16H2,1-3H3/b15-13+/t17?,18-,19?,20+,21-/m0/s1. The molecule has 2 unspecified atom stereocenters. The van der Waals surface area contributed by atoms with E-state index >= 15 is 0 Å². The first-order chi connectivity index (χ1) is 11.6. The molecule has 0 bridgehead atoms. The second kappa shape index (κ2) is 12.9. The van der Waals surface area contributed by atoms with E-state index < -0.39 is 6.17 Å². The first kappa shape index (κ1) is 21.6. The third-order valence-corrected chi connectivity index (χ3v) is 5.45. The fourth-order valence-electron chi connectivity index (χ4n) is 3.86. The fourth-order valence-corrected chi connectivity index (χ4v) is 3.86. The molecular weight excluding hydrogens is 303 g/mol. The lowest BCUT2D eigenvalue weighted by Crippen LogP contribution is -2.18. The molecule has 0 radical (unpaired) electrons. The number of hydrogen-bond acceptors (Lipinski definition) is 2. The predicted molar refractivity (Wildman–Crippen MR) is 100.0 cm³/mol. The monoisotopic (exact) mass is 342 g/mol. The zero-order valence-corrected chi connectivity index (χ0v) is 16.1. The fraction of sp³-hybridized carbons (Fsp3) is 0.905. The highest BCUT2D eigenvalue weighted by atomic mass is 19.1. The van der Waals surface area contributed by atoms with Gasteiger partial charge in [0.25, 0.3) is 0 Å². The SMILES string of the molecule is CCCCCC(/C=C/[C@H]1CC[C@H](O)[C@@H]1CCCCCC(C)F)OC. The number of hydrogen-bond donors (Lipinski definition) is 1. The minimum absolute atomic E-state index is 0.166. The van der Waals surface area contributed by atoms with Crippen LogP contribution in [0, 0.1) is 11.8 Å². The second-order valence-electron chi connectivity index (χ2n) is 7.55. The molecule has 5 atom stereocenters. The van der Waals surface area contributed by atoms with E-state index in [1.165, 1.54) is 19.3 Å². The number of unbranched alkanes of at least 4 members (excludes halogenated alkanes) is 4. The van der Waals surface area contributed by atoms with Crippen molar-refractivity contribution in [3.8, 4) is 0 Å². The normalized spacial score (nSPS) is 27.0. The van der Waals surface area contributed by atoms with Gasteiger partial charge in [-0.2, -0.15) is 0 Å². The van der Waals surface area contributed by atoms with E-state index in [9.17, 15) is 9.50 Å². The second-order valence-corrected chi connectivity index (χ2v) is 7.55. The van der Waals surface area contributed by atoms with Gasteiger partial charge in [-0.15, -0.1) is 0 Å². The Bertz CT molecular complexity index is 330. The highest BCUT2D eigenvalue weighted by Gasteiger charge is 2.32. The number of ether oxygens (including phenoxy) is 1. The lowest BCUT2D eigenvalue weighted by molar-refractivity contribution is 0.115. The van der Waals surface area contributed by atoms with E-state index in [1.807, 2.05) is 0 Å². The van der Waals surface area contributed by atoms with E-state index in [4.69, 9.17) is 4.74 Å². The van der Waals surface area contributed by atoms with Gasteiger partial charge in [-0.05, 0) is 50.9 Å². The third-order valence-electron chi connectivity index (χ3n) is 5.45. The van der Waals surface area contributed by atoms with Crippen LogP contribution in [0.4, 0.5) is 4.39 Å². The van der Waals surface area contributed by atoms with Crippen molar-refractivity contribution in [1.29, 1.82) is 0 Å². The van der Waals surface area contributed by atoms with Crippen molar-refractivity contribution in [2.75, 3.05) is 7.11 Å².